The molecule has 47 heavy (non-hydrogen) atoms. The highest BCUT2D eigenvalue weighted by Gasteiger charge is 2.43. The maximum atomic E-state index is 12.4. The topological polar surface area (TPSA) is 289 Å². The number of ether oxygens (including phenoxy) is 5. The van der Waals surface area contributed by atoms with Crippen molar-refractivity contribution in [3.8, 4) is 17.2 Å². The first-order valence-corrected chi connectivity index (χ1v) is 19.0. The molecule has 0 bridgehead atoms. The lowest BCUT2D eigenvalue weighted by molar-refractivity contribution is -0.0522. The number of nitrogens with zero attached hydrogens (tertiary/aromatic N) is 3. The Bertz CT molecular complexity index is 1680. The number of nitrogen functional groups attached to an aromatic ring is 1. The summed E-state index contributed by atoms with van der Waals surface area (Å²) in [5.74, 6) is 2.27. The van der Waals surface area contributed by atoms with Gasteiger partial charge in [0.25, 0.3) is 0 Å². The van der Waals surface area contributed by atoms with Crippen LogP contribution in [0, 0.1) is 0 Å². The molecule has 5 atom stereocenters. The summed E-state index contributed by atoms with van der Waals surface area (Å²) in [5.41, 5.74) is 13.7. The molecular weight excluding hydrogens is 711 g/mol. The summed E-state index contributed by atoms with van der Waals surface area (Å²) in [6, 6.07) is 3.42. The van der Waals surface area contributed by atoms with Crippen LogP contribution in [0.5, 0.6) is 17.2 Å². The summed E-state index contributed by atoms with van der Waals surface area (Å²) in [4.78, 5) is 45.4. The second-order valence-corrected chi connectivity index (χ2v) is 15.0. The number of phosphoric ester groups is 1. The third kappa shape index (κ3) is 9.65. The maximum absolute atomic E-state index is 12.4. The van der Waals surface area contributed by atoms with Crippen LogP contribution >= 0.6 is 35.2 Å². The molecule has 0 saturated carbocycles. The van der Waals surface area contributed by atoms with E-state index in [1.807, 2.05) is 0 Å². The van der Waals surface area contributed by atoms with E-state index in [1.165, 1.54) is 39.4 Å². The van der Waals surface area contributed by atoms with Gasteiger partial charge in [-0.15, -0.1) is 11.8 Å². The fraction of sp³-hybridized carbons (Fsp3) is 0.478. The number of anilines is 1. The van der Waals surface area contributed by atoms with Crippen molar-refractivity contribution in [2.45, 2.75) is 37.2 Å². The van der Waals surface area contributed by atoms with Gasteiger partial charge in [0.2, 0.25) is 0 Å². The molecular formula is C23H34N5O15P3S. The minimum Gasteiger partial charge on any atom is -0.496 e. The van der Waals surface area contributed by atoms with E-state index in [9.17, 15) is 23.5 Å². The van der Waals surface area contributed by atoms with Gasteiger partial charge in [-0.1, -0.05) is 0 Å². The van der Waals surface area contributed by atoms with E-state index in [2.05, 4.69) is 18.6 Å². The van der Waals surface area contributed by atoms with Crippen LogP contribution in [0.25, 0.3) is 11.0 Å². The largest absolute Gasteiger partial charge is 0.496 e. The first-order chi connectivity index (χ1) is 22.1. The van der Waals surface area contributed by atoms with Gasteiger partial charge in [-0.3, -0.25) is 4.52 Å². The van der Waals surface area contributed by atoms with Gasteiger partial charge in [-0.05, 0) is 5.56 Å². The first-order valence-electron chi connectivity index (χ1n) is 13.3. The van der Waals surface area contributed by atoms with Gasteiger partial charge < -0.3 is 59.3 Å². The fourth-order valence-corrected chi connectivity index (χ4v) is 8.60. The van der Waals surface area contributed by atoms with Crippen molar-refractivity contribution in [3.63, 3.8) is 0 Å². The van der Waals surface area contributed by atoms with E-state index in [-0.39, 0.29) is 24.7 Å². The highest BCUT2D eigenvalue weighted by Crippen LogP contribution is 2.66. The Morgan fingerprint density at radius 1 is 1.02 bits per heavy atom. The Labute approximate surface area is 272 Å². The van der Waals surface area contributed by atoms with Crippen LogP contribution in [0.1, 0.15) is 23.8 Å². The van der Waals surface area contributed by atoms with Crippen molar-refractivity contribution in [2.75, 3.05) is 39.6 Å². The lowest BCUT2D eigenvalue weighted by Gasteiger charge is -2.21. The lowest BCUT2D eigenvalue weighted by atomic mass is 10.2. The van der Waals surface area contributed by atoms with Crippen LogP contribution in [0.3, 0.4) is 0 Å². The Kier molecular flexibility index (Phi) is 12.4. The second kappa shape index (κ2) is 15.5. The first kappa shape index (κ1) is 37.5. The molecule has 262 valence electrons. The summed E-state index contributed by atoms with van der Waals surface area (Å²) >= 11 is 1.34. The van der Waals surface area contributed by atoms with Crippen molar-refractivity contribution in [1.29, 1.82) is 0 Å². The van der Waals surface area contributed by atoms with Crippen molar-refractivity contribution < 1.29 is 70.1 Å². The molecule has 24 heteroatoms. The summed E-state index contributed by atoms with van der Waals surface area (Å²) in [6.07, 6.45) is 0.462. The average Bonchev–Trinajstić information content (AvgIpc) is 3.57. The molecule has 3 aromatic rings. The molecule has 2 aromatic heterocycles. The predicted molar refractivity (Wildman–Crippen MR) is 165 cm³/mol. The average molecular weight is 746 g/mol. The van der Waals surface area contributed by atoms with Crippen molar-refractivity contribution >= 4 is 52.1 Å². The number of hydrogen-bond donors (Lipinski definition) is 6. The molecule has 1 aliphatic rings. The van der Waals surface area contributed by atoms with E-state index in [0.717, 1.165) is 5.56 Å². The second-order valence-electron chi connectivity index (χ2n) is 9.66. The smallest absolute Gasteiger partial charge is 0.490 e. The predicted octanol–water partition coefficient (Wildman–Crippen LogP) is 2.40. The Morgan fingerprint density at radius 2 is 1.70 bits per heavy atom. The van der Waals surface area contributed by atoms with E-state index in [0.29, 0.717) is 39.6 Å². The third-order valence-corrected chi connectivity index (χ3v) is 11.3. The zero-order valence-electron chi connectivity index (χ0n) is 25.1. The zero-order valence-corrected chi connectivity index (χ0v) is 28.6. The summed E-state index contributed by atoms with van der Waals surface area (Å²) in [7, 11) is -12.2. The van der Waals surface area contributed by atoms with Crippen molar-refractivity contribution in [1.82, 2.24) is 14.5 Å². The Hall–Kier alpha value is -2.32. The third-order valence-electron chi connectivity index (χ3n) is 6.67. The van der Waals surface area contributed by atoms with Gasteiger partial charge in [0, 0.05) is 42.6 Å². The van der Waals surface area contributed by atoms with Gasteiger partial charge in [-0.25, -0.2) is 23.7 Å². The molecule has 1 aromatic carbocycles. The monoisotopic (exact) mass is 745 g/mol. The number of fused-ring (bicyclic) bond motifs is 1. The van der Waals surface area contributed by atoms with Crippen LogP contribution < -0.4 is 25.7 Å². The number of nitrogens with two attached hydrogens (primary N) is 2. The van der Waals surface area contributed by atoms with E-state index in [4.69, 9.17) is 49.5 Å². The van der Waals surface area contributed by atoms with Crippen LogP contribution in [-0.2, 0) is 48.6 Å². The molecule has 3 unspecified atom stereocenters. The molecule has 4 rings (SSSR count). The molecule has 3 heterocycles. The van der Waals surface area contributed by atoms with E-state index < -0.39 is 48.5 Å². The van der Waals surface area contributed by atoms with E-state index >= 15 is 0 Å². The van der Waals surface area contributed by atoms with Gasteiger partial charge in [0.05, 0.1) is 45.4 Å². The minimum absolute atomic E-state index is 0.0838. The summed E-state index contributed by atoms with van der Waals surface area (Å²) < 4.78 is 77.7. The molecule has 0 aliphatic carbocycles. The molecule has 0 amide bonds. The minimum atomic E-state index is -5.72. The molecule has 0 spiro atoms. The summed E-state index contributed by atoms with van der Waals surface area (Å²) in [5, 5.41) is 0.519. The van der Waals surface area contributed by atoms with Crippen LogP contribution in [0.15, 0.2) is 24.7 Å². The standard InChI is InChI=1S/C23H34N5O15P3S/c1-36-14-4-16(37-2)15(17(5-14)38-3)10-47-12-39-18-6-20(28-8-13(7-24)21-22(25)26-11-27-23(21)28)41-19(18)9-40-45(32,33)43-46(34,35)42-44(29,30)31/h4-5,8,11,18-20H,6-7,9-10,12,24H2,1-3H3,(H,32,33)(H,34,35)(H2,25,26,27)(H2,29,30,31)/t18?,19-,20-/m1/s1. The number of hydrogen-bond acceptors (Lipinski definition) is 16. The maximum Gasteiger partial charge on any atom is 0.490 e. The zero-order chi connectivity index (χ0) is 34.6. The van der Waals surface area contributed by atoms with Gasteiger partial charge in [0.1, 0.15) is 47.4 Å². The number of phosphoric acid groups is 3. The Morgan fingerprint density at radius 3 is 2.30 bits per heavy atom. The fourth-order valence-electron chi connectivity index (χ4n) is 4.73. The highest BCUT2D eigenvalue weighted by molar-refractivity contribution is 7.98. The van der Waals surface area contributed by atoms with Crippen LogP contribution in [-0.4, -0.2) is 80.2 Å². The molecule has 8 N–H and O–H groups in total. The van der Waals surface area contributed by atoms with Crippen molar-refractivity contribution in [3.05, 3.63) is 35.8 Å². The van der Waals surface area contributed by atoms with Gasteiger partial charge >= 0.3 is 23.5 Å². The highest BCUT2D eigenvalue weighted by atomic mass is 32.2. The number of rotatable bonds is 17. The van der Waals surface area contributed by atoms with Gasteiger partial charge in [0.15, 0.2) is 0 Å². The quantitative estimate of drug-likeness (QED) is 0.0657. The number of benzene rings is 1. The van der Waals surface area contributed by atoms with E-state index in [1.54, 1.807) is 22.9 Å². The van der Waals surface area contributed by atoms with Crippen LogP contribution in [0.4, 0.5) is 5.82 Å². The SMILES string of the molecule is COc1cc(OC)c(CSCOC2C[C@H](n3cc(CN)c4c(N)ncnc43)O[C@@H]2COP(=O)(O)OP(=O)(O)OP(=O)(O)O)c(OC)c1. The number of thioether (sulfide) groups is 1. The Balaban J connectivity index is 1.51. The summed E-state index contributed by atoms with van der Waals surface area (Å²) in [6.45, 7) is -0.617. The lowest BCUT2D eigenvalue weighted by Crippen LogP contribution is -2.29. The molecule has 0 radical (unpaired) electrons. The molecule has 20 nitrogen and oxygen atoms in total. The molecule has 1 aliphatic heterocycles. The molecule has 1 saturated heterocycles. The van der Waals surface area contributed by atoms with Gasteiger partial charge in [-0.2, -0.15) is 8.62 Å². The number of aromatic nitrogens is 3. The molecule has 1 fully saturated rings. The van der Waals surface area contributed by atoms with Crippen molar-refractivity contribution in [2.24, 2.45) is 5.73 Å². The normalized spacial score (nSPS) is 21.0. The van der Waals surface area contributed by atoms with Crippen LogP contribution in [0.2, 0.25) is 0 Å². The number of methoxy groups -OCH3 is 3.